The molecule has 100 valence electrons. The van der Waals surface area contributed by atoms with E-state index < -0.39 is 10.0 Å². The van der Waals surface area contributed by atoms with Gasteiger partial charge in [0.2, 0.25) is 16.0 Å². The van der Waals surface area contributed by atoms with Crippen LogP contribution in [0.5, 0.6) is 0 Å². The molecule has 1 aliphatic heterocycles. The number of hydrogen-bond acceptors (Lipinski definition) is 5. The lowest BCUT2D eigenvalue weighted by Gasteiger charge is -2.20. The highest BCUT2D eigenvalue weighted by Crippen LogP contribution is 2.14. The zero-order valence-corrected chi connectivity index (χ0v) is 12.5. The average Bonchev–Trinajstić information content (AvgIpc) is 2.55. The van der Waals surface area contributed by atoms with Crippen LogP contribution in [-0.2, 0) is 10.0 Å². The van der Waals surface area contributed by atoms with Crippen LogP contribution in [-0.4, -0.2) is 55.1 Å². The molecule has 0 unspecified atom stereocenters. The van der Waals surface area contributed by atoms with E-state index in [1.54, 1.807) is 12.4 Å². The van der Waals surface area contributed by atoms with Crippen LogP contribution in [0.1, 0.15) is 6.42 Å². The Balaban J connectivity index is 2.07. The molecule has 0 amide bonds. The minimum Gasteiger partial charge on any atom is -0.339 e. The molecule has 0 atom stereocenters. The smallest absolute Gasteiger partial charge is 0.225 e. The van der Waals surface area contributed by atoms with Gasteiger partial charge in [-0.1, -0.05) is 0 Å². The Morgan fingerprint density at radius 3 is 2.44 bits per heavy atom. The Bertz CT molecular complexity index is 505. The van der Waals surface area contributed by atoms with Gasteiger partial charge < -0.3 is 4.90 Å². The minimum atomic E-state index is -3.10. The minimum absolute atomic E-state index is 0.484. The summed E-state index contributed by atoms with van der Waals surface area (Å²) in [6.07, 6.45) is 5.42. The Labute approximate surface area is 115 Å². The van der Waals surface area contributed by atoms with Crippen LogP contribution in [0.4, 0.5) is 5.95 Å². The summed E-state index contributed by atoms with van der Waals surface area (Å²) in [5.41, 5.74) is 0. The third kappa shape index (κ3) is 3.39. The molecule has 1 aromatic rings. The van der Waals surface area contributed by atoms with Crippen molar-refractivity contribution in [2.75, 3.05) is 37.3 Å². The summed E-state index contributed by atoms with van der Waals surface area (Å²) in [4.78, 5) is 10.5. The molecule has 18 heavy (non-hydrogen) atoms. The molecule has 0 radical (unpaired) electrons. The summed E-state index contributed by atoms with van der Waals surface area (Å²) in [6, 6.07) is 0. The molecular weight excluding hydrogens is 320 g/mol. The van der Waals surface area contributed by atoms with Crippen molar-refractivity contribution in [2.24, 2.45) is 0 Å². The van der Waals surface area contributed by atoms with Crippen molar-refractivity contribution in [3.8, 4) is 0 Å². The zero-order chi connectivity index (χ0) is 13.2. The van der Waals surface area contributed by atoms with Crippen molar-refractivity contribution in [3.05, 3.63) is 16.9 Å². The molecule has 0 saturated carbocycles. The standard InChI is InChI=1S/C10H15BrN4O2S/c1-18(16,17)15-4-2-3-14(5-6-15)10-12-7-9(11)8-13-10/h7-8H,2-6H2,1H3. The van der Waals surface area contributed by atoms with Gasteiger partial charge in [-0.05, 0) is 22.4 Å². The van der Waals surface area contributed by atoms with Gasteiger partial charge in [-0.2, -0.15) is 0 Å². The van der Waals surface area contributed by atoms with Crippen molar-refractivity contribution in [1.29, 1.82) is 0 Å². The van der Waals surface area contributed by atoms with Crippen LogP contribution in [0.15, 0.2) is 16.9 Å². The van der Waals surface area contributed by atoms with Crippen molar-refractivity contribution in [2.45, 2.75) is 6.42 Å². The van der Waals surface area contributed by atoms with Gasteiger partial charge in [0.15, 0.2) is 0 Å². The molecule has 2 heterocycles. The van der Waals surface area contributed by atoms with Crippen LogP contribution in [0.2, 0.25) is 0 Å². The van der Waals surface area contributed by atoms with E-state index in [0.29, 0.717) is 25.6 Å². The summed E-state index contributed by atoms with van der Waals surface area (Å²) < 4.78 is 25.3. The van der Waals surface area contributed by atoms with E-state index in [0.717, 1.165) is 17.4 Å². The van der Waals surface area contributed by atoms with Gasteiger partial charge >= 0.3 is 0 Å². The zero-order valence-electron chi connectivity index (χ0n) is 10.1. The number of aromatic nitrogens is 2. The van der Waals surface area contributed by atoms with E-state index >= 15 is 0 Å². The lowest BCUT2D eigenvalue weighted by Crippen LogP contribution is -2.34. The van der Waals surface area contributed by atoms with Crippen molar-refractivity contribution in [1.82, 2.24) is 14.3 Å². The summed E-state index contributed by atoms with van der Waals surface area (Å²) in [5, 5.41) is 0. The van der Waals surface area contributed by atoms with Crippen LogP contribution in [0.3, 0.4) is 0 Å². The first-order valence-corrected chi connectivity index (χ1v) is 8.28. The van der Waals surface area contributed by atoms with Gasteiger partial charge in [0.1, 0.15) is 0 Å². The van der Waals surface area contributed by atoms with E-state index in [2.05, 4.69) is 25.9 Å². The van der Waals surface area contributed by atoms with Crippen molar-refractivity contribution < 1.29 is 8.42 Å². The maximum atomic E-state index is 11.5. The quantitative estimate of drug-likeness (QED) is 0.796. The molecule has 0 aromatic carbocycles. The highest BCUT2D eigenvalue weighted by molar-refractivity contribution is 9.10. The molecular formula is C10H15BrN4O2S. The molecule has 0 bridgehead atoms. The van der Waals surface area contributed by atoms with Gasteiger partial charge in [-0.3, -0.25) is 0 Å². The maximum Gasteiger partial charge on any atom is 0.225 e. The normalized spacial score (nSPS) is 18.7. The maximum absolute atomic E-state index is 11.5. The second-order valence-electron chi connectivity index (χ2n) is 4.20. The average molecular weight is 335 g/mol. The Kier molecular flexibility index (Phi) is 4.18. The number of anilines is 1. The van der Waals surface area contributed by atoms with Crippen LogP contribution in [0.25, 0.3) is 0 Å². The monoisotopic (exact) mass is 334 g/mol. The molecule has 1 saturated heterocycles. The first kappa shape index (κ1) is 13.7. The Hall–Kier alpha value is -0.730. The van der Waals surface area contributed by atoms with Crippen LogP contribution >= 0.6 is 15.9 Å². The van der Waals surface area contributed by atoms with Crippen molar-refractivity contribution >= 4 is 31.9 Å². The second kappa shape index (κ2) is 5.50. The van der Waals surface area contributed by atoms with Crippen molar-refractivity contribution in [3.63, 3.8) is 0 Å². The highest BCUT2D eigenvalue weighted by atomic mass is 79.9. The molecule has 0 spiro atoms. The fourth-order valence-corrected chi connectivity index (χ4v) is 2.97. The lowest BCUT2D eigenvalue weighted by molar-refractivity contribution is 0.437. The Morgan fingerprint density at radius 1 is 1.17 bits per heavy atom. The molecule has 0 N–H and O–H groups in total. The second-order valence-corrected chi connectivity index (χ2v) is 7.10. The number of rotatable bonds is 2. The van der Waals surface area contributed by atoms with Crippen LogP contribution in [0, 0.1) is 0 Å². The topological polar surface area (TPSA) is 66.4 Å². The Morgan fingerprint density at radius 2 is 1.83 bits per heavy atom. The van der Waals surface area contributed by atoms with Crippen LogP contribution < -0.4 is 4.90 Å². The lowest BCUT2D eigenvalue weighted by atomic mass is 10.4. The fourth-order valence-electron chi connectivity index (χ4n) is 1.89. The summed E-state index contributed by atoms with van der Waals surface area (Å²) in [6.45, 7) is 2.44. The predicted octanol–water partition coefficient (Wildman–Crippen LogP) is 0.711. The summed E-state index contributed by atoms with van der Waals surface area (Å²) >= 11 is 3.29. The van der Waals surface area contributed by atoms with E-state index in [1.165, 1.54) is 10.6 Å². The van der Waals surface area contributed by atoms with E-state index in [9.17, 15) is 8.42 Å². The number of hydrogen-bond donors (Lipinski definition) is 0. The van der Waals surface area contributed by atoms with E-state index in [-0.39, 0.29) is 0 Å². The molecule has 1 fully saturated rings. The molecule has 8 heteroatoms. The first-order chi connectivity index (χ1) is 8.47. The SMILES string of the molecule is CS(=O)(=O)N1CCCN(c2ncc(Br)cn2)CC1. The van der Waals surface area contributed by atoms with Gasteiger partial charge in [0.25, 0.3) is 0 Å². The van der Waals surface area contributed by atoms with E-state index in [1.807, 2.05) is 4.90 Å². The fraction of sp³-hybridized carbons (Fsp3) is 0.600. The first-order valence-electron chi connectivity index (χ1n) is 5.64. The summed E-state index contributed by atoms with van der Waals surface area (Å²) in [7, 11) is -3.10. The third-order valence-corrected chi connectivity index (χ3v) is 4.53. The predicted molar refractivity (Wildman–Crippen MR) is 73.0 cm³/mol. The van der Waals surface area contributed by atoms with Gasteiger partial charge in [-0.25, -0.2) is 22.7 Å². The molecule has 1 aliphatic rings. The third-order valence-electron chi connectivity index (χ3n) is 2.81. The molecule has 2 rings (SSSR count). The van der Waals surface area contributed by atoms with E-state index in [4.69, 9.17) is 0 Å². The molecule has 6 nitrogen and oxygen atoms in total. The summed E-state index contributed by atoms with van der Waals surface area (Å²) in [5.74, 6) is 0.647. The van der Waals surface area contributed by atoms with Gasteiger partial charge in [0, 0.05) is 38.6 Å². The molecule has 0 aliphatic carbocycles. The number of halogens is 1. The van der Waals surface area contributed by atoms with Gasteiger partial charge in [0.05, 0.1) is 10.7 Å². The molecule has 1 aromatic heterocycles. The number of nitrogens with zero attached hydrogens (tertiary/aromatic N) is 4. The largest absolute Gasteiger partial charge is 0.339 e. The van der Waals surface area contributed by atoms with Gasteiger partial charge in [-0.15, -0.1) is 0 Å². The number of sulfonamides is 1. The highest BCUT2D eigenvalue weighted by Gasteiger charge is 2.22.